The zero-order valence-corrected chi connectivity index (χ0v) is 41.2. The van der Waals surface area contributed by atoms with Crippen LogP contribution in [0.1, 0.15) is 83.1 Å². The molecule has 2 aromatic carbocycles. The highest BCUT2D eigenvalue weighted by atomic mass is 16.8. The summed E-state index contributed by atoms with van der Waals surface area (Å²) in [6, 6.07) is 7.28. The first kappa shape index (κ1) is 46.6. The van der Waals surface area contributed by atoms with E-state index in [1.54, 1.807) is 27.7 Å². The van der Waals surface area contributed by atoms with E-state index in [-0.39, 0.29) is 93.3 Å². The summed E-state index contributed by atoms with van der Waals surface area (Å²) in [5.41, 5.74) is 2.63. The van der Waals surface area contributed by atoms with Gasteiger partial charge in [0, 0.05) is 56.1 Å². The van der Waals surface area contributed by atoms with E-state index in [4.69, 9.17) is 86.7 Å². The second-order valence-corrected chi connectivity index (χ2v) is 18.2. The van der Waals surface area contributed by atoms with Crippen LogP contribution in [-0.2, 0) is 18.9 Å². The second kappa shape index (κ2) is 16.6. The van der Waals surface area contributed by atoms with Crippen LogP contribution in [0.15, 0.2) is 24.3 Å². The van der Waals surface area contributed by atoms with Gasteiger partial charge in [0.2, 0.25) is 23.0 Å². The molecule has 20 heteroatoms. The van der Waals surface area contributed by atoms with E-state index in [1.165, 1.54) is 28.4 Å². The molecule has 0 saturated heterocycles. The van der Waals surface area contributed by atoms with Crippen LogP contribution < -0.4 is 37.9 Å². The normalized spacial score (nSPS) is 22.4. The third-order valence-electron chi connectivity index (χ3n) is 12.0. The molecule has 3 aromatic heterocycles. The van der Waals surface area contributed by atoms with E-state index in [9.17, 15) is 0 Å². The summed E-state index contributed by atoms with van der Waals surface area (Å²) in [5, 5.41) is 0. The van der Waals surface area contributed by atoms with E-state index in [1.807, 2.05) is 79.7 Å². The van der Waals surface area contributed by atoms with Crippen LogP contribution >= 0.6 is 0 Å². The van der Waals surface area contributed by atoms with Crippen molar-refractivity contribution in [1.29, 1.82) is 0 Å². The number of fused-ring (bicyclic) bond motifs is 20. The number of aromatic amines is 2. The number of ether oxygens (including phenoxy) is 12. The number of nitrogens with one attached hydrogen (secondary N) is 2. The Hall–Kier alpha value is -6.48. The Kier molecular flexibility index (Phi) is 11.4. The summed E-state index contributed by atoms with van der Waals surface area (Å²) in [4.78, 5) is 37.7. The van der Waals surface area contributed by atoms with Crippen molar-refractivity contribution in [3.05, 3.63) is 24.3 Å². The predicted octanol–water partition coefficient (Wildman–Crippen LogP) is 8.70. The maximum absolute atomic E-state index is 6.73. The Labute approximate surface area is 393 Å². The fraction of sp³-hybridized carbons (Fsp3) is 0.500. The first-order valence-electron chi connectivity index (χ1n) is 22.5. The highest BCUT2D eigenvalue weighted by molar-refractivity contribution is 5.94. The maximum atomic E-state index is 6.73. The molecule has 4 atom stereocenters. The minimum atomic E-state index is -1.50. The number of rotatable bonds is 12. The molecule has 4 aliphatic heterocycles. The lowest BCUT2D eigenvalue weighted by atomic mass is 10.1. The Morgan fingerprint density at radius 2 is 0.574 bits per heavy atom. The summed E-state index contributed by atoms with van der Waals surface area (Å²) in [6.45, 7) is 22.2. The summed E-state index contributed by atoms with van der Waals surface area (Å²) in [6.07, 6.45) is -0.967. The van der Waals surface area contributed by atoms with Gasteiger partial charge in [-0.3, -0.25) is 0 Å². The van der Waals surface area contributed by atoms with Gasteiger partial charge in [-0.2, -0.15) is 0 Å². The van der Waals surface area contributed by atoms with Crippen LogP contribution in [-0.4, -0.2) is 116 Å². The molecule has 0 radical (unpaired) electrons. The van der Waals surface area contributed by atoms with E-state index >= 15 is 0 Å². The van der Waals surface area contributed by atoms with E-state index in [0.717, 1.165) is 0 Å². The van der Waals surface area contributed by atoms with Crippen molar-refractivity contribution < 1.29 is 56.8 Å². The minimum absolute atomic E-state index is 0.152. The zero-order valence-electron chi connectivity index (χ0n) is 41.2. The van der Waals surface area contributed by atoms with Crippen molar-refractivity contribution in [3.8, 4) is 91.5 Å². The number of benzene rings is 2. The SMILES string of the molecule is CO[C@]1(C)Oc2c(c3nc4nc(nc5[nH]c(nc6nc(nc2[nH]3)-c2c(OC(C)C)ccc(OC(C)C)c2-6)c2c5O[C@@](C)(OC)[C@](C)(OC)O2)-c2c(OC(C)C)ccc(OC(C)C)c2-4)O[C@@]1(C)OC. The smallest absolute Gasteiger partial charge is 0.273 e. The second-order valence-electron chi connectivity index (χ2n) is 18.2. The molecule has 0 aliphatic carbocycles. The average Bonchev–Trinajstić information content (AvgIpc) is 4.00. The van der Waals surface area contributed by atoms with Crippen LogP contribution in [0.4, 0.5) is 0 Å². The maximum Gasteiger partial charge on any atom is 0.273 e. The Bertz CT molecular complexity index is 2600. The Morgan fingerprint density at radius 1 is 0.368 bits per heavy atom. The van der Waals surface area contributed by atoms with Gasteiger partial charge in [0.05, 0.1) is 46.7 Å². The highest BCUT2D eigenvalue weighted by Crippen LogP contribution is 2.54. The monoisotopic (exact) mass is 938 g/mol. The molecule has 2 N–H and O–H groups in total. The van der Waals surface area contributed by atoms with E-state index in [0.29, 0.717) is 45.3 Å². The number of H-pyrrole nitrogens is 2. The lowest BCUT2D eigenvalue weighted by Crippen LogP contribution is -2.62. The molecule has 9 rings (SSSR count). The largest absolute Gasteiger partial charge is 0.490 e. The standard InChI is InChI=1S/C48H58N8O12/c1-21(2)61-25-17-18-26(62-22(3)4)30-29(25)37-49-38(30)52-42-35-36(68-48(12,60-16)47(11,59-15)67-35)44(56-42)54-40-32-28(64-24(7)8)20-19-27(63-23(5)6)31(32)39(50-40)53-43-34-33(41(51-37)55-43)65-45(9,57-13)46(10,58-14)66-34/h17-24H,1-16H3,(H2,49,50,51,52,53,54,55,56)/t45-,46-,47-,48-/m1/s1. The summed E-state index contributed by atoms with van der Waals surface area (Å²) in [7, 11) is 5.98. The van der Waals surface area contributed by atoms with E-state index in [2.05, 4.69) is 9.97 Å². The topological polar surface area (TPSA) is 220 Å². The van der Waals surface area contributed by atoms with Crippen LogP contribution in [0.2, 0.25) is 0 Å². The third kappa shape index (κ3) is 7.44. The van der Waals surface area contributed by atoms with E-state index < -0.39 is 23.1 Å². The lowest BCUT2D eigenvalue weighted by molar-refractivity contribution is -0.344. The molecule has 362 valence electrons. The van der Waals surface area contributed by atoms with Crippen molar-refractivity contribution in [3.63, 3.8) is 0 Å². The van der Waals surface area contributed by atoms with Crippen LogP contribution in [0.3, 0.4) is 0 Å². The Balaban J connectivity index is 1.50. The van der Waals surface area contributed by atoms with Crippen molar-refractivity contribution >= 4 is 22.6 Å². The zero-order chi connectivity index (χ0) is 48.8. The van der Waals surface area contributed by atoms with Gasteiger partial charge >= 0.3 is 0 Å². The summed E-state index contributed by atoms with van der Waals surface area (Å²) < 4.78 is 76.6. The van der Waals surface area contributed by atoms with Crippen molar-refractivity contribution in [2.24, 2.45) is 0 Å². The molecule has 0 unspecified atom stereocenters. The van der Waals surface area contributed by atoms with Gasteiger partial charge in [0.1, 0.15) is 23.0 Å². The van der Waals surface area contributed by atoms with Crippen molar-refractivity contribution in [2.75, 3.05) is 28.4 Å². The molecule has 7 heterocycles. The number of nitrogens with zero attached hydrogens (tertiary/aromatic N) is 6. The number of aromatic nitrogens is 8. The third-order valence-corrected chi connectivity index (χ3v) is 12.0. The van der Waals surface area contributed by atoms with Gasteiger partial charge in [0.25, 0.3) is 23.1 Å². The van der Waals surface area contributed by atoms with Gasteiger partial charge in [-0.25, -0.2) is 29.9 Å². The molecule has 0 spiro atoms. The predicted molar refractivity (Wildman–Crippen MR) is 248 cm³/mol. The molecular weight excluding hydrogens is 881 g/mol. The van der Waals surface area contributed by atoms with Gasteiger partial charge < -0.3 is 66.8 Å². The average molecular weight is 939 g/mol. The Morgan fingerprint density at radius 3 is 0.750 bits per heavy atom. The van der Waals surface area contributed by atoms with Gasteiger partial charge in [-0.1, -0.05) is 0 Å². The molecule has 8 bridgehead atoms. The lowest BCUT2D eigenvalue weighted by Gasteiger charge is -2.45. The van der Waals surface area contributed by atoms with Crippen LogP contribution in [0, 0.1) is 0 Å². The molecule has 0 saturated carbocycles. The van der Waals surface area contributed by atoms with Gasteiger partial charge in [-0.15, -0.1) is 0 Å². The molecule has 20 nitrogen and oxygen atoms in total. The number of hydrogen-bond donors (Lipinski definition) is 2. The summed E-state index contributed by atoms with van der Waals surface area (Å²) in [5.74, 6) is -2.75. The molecule has 5 aromatic rings. The molecule has 4 aliphatic rings. The van der Waals surface area contributed by atoms with Crippen LogP contribution in [0.5, 0.6) is 46.0 Å². The number of hydrogen-bond acceptors (Lipinski definition) is 18. The summed E-state index contributed by atoms with van der Waals surface area (Å²) >= 11 is 0. The number of methoxy groups -OCH3 is 4. The minimum Gasteiger partial charge on any atom is -0.490 e. The molecule has 0 fully saturated rings. The van der Waals surface area contributed by atoms with Gasteiger partial charge in [-0.05, 0) is 79.7 Å². The fourth-order valence-electron chi connectivity index (χ4n) is 8.23. The van der Waals surface area contributed by atoms with Crippen LogP contribution in [0.25, 0.3) is 68.1 Å². The highest BCUT2D eigenvalue weighted by Gasteiger charge is 2.57. The fourth-order valence-corrected chi connectivity index (χ4v) is 8.23. The molecular formula is C48H58N8O12. The van der Waals surface area contributed by atoms with Gasteiger partial charge in [0.15, 0.2) is 45.9 Å². The molecule has 68 heavy (non-hydrogen) atoms. The first-order chi connectivity index (χ1) is 32.2. The molecule has 0 amide bonds. The van der Waals surface area contributed by atoms with Crippen molar-refractivity contribution in [2.45, 2.75) is 131 Å². The van der Waals surface area contributed by atoms with Crippen molar-refractivity contribution in [1.82, 2.24) is 39.9 Å². The quantitative estimate of drug-likeness (QED) is 0.117. The first-order valence-corrected chi connectivity index (χ1v) is 22.5.